The van der Waals surface area contributed by atoms with Crippen LogP contribution in [-0.4, -0.2) is 22.8 Å². The molecule has 0 saturated heterocycles. The molecule has 0 spiro atoms. The van der Waals surface area contributed by atoms with Crippen molar-refractivity contribution in [2.45, 2.75) is 13.5 Å². The lowest BCUT2D eigenvalue weighted by molar-refractivity contribution is 0.102. The first kappa shape index (κ1) is 17.8. The fraction of sp³-hybridized carbons (Fsp3) is 0.158. The molecule has 0 aliphatic rings. The number of nitrogens with zero attached hydrogens (tertiary/aromatic N) is 2. The van der Waals surface area contributed by atoms with Crippen molar-refractivity contribution in [2.24, 2.45) is 0 Å². The van der Waals surface area contributed by atoms with E-state index < -0.39 is 0 Å². The highest BCUT2D eigenvalue weighted by atomic mass is 35.5. The number of hydrogen-bond acceptors (Lipinski definition) is 4. The van der Waals surface area contributed by atoms with Gasteiger partial charge in [0.25, 0.3) is 5.91 Å². The topological polar surface area (TPSA) is 65.4 Å². The number of carbonyl (C=O) groups excluding carboxylic acids is 1. The Kier molecular flexibility index (Phi) is 5.43. The zero-order chi connectivity index (χ0) is 18.5. The molecule has 3 rings (SSSR count). The summed E-state index contributed by atoms with van der Waals surface area (Å²) >= 11 is 6.08. The van der Waals surface area contributed by atoms with Gasteiger partial charge in [-0.05, 0) is 49.4 Å². The Morgan fingerprint density at radius 2 is 1.92 bits per heavy atom. The third kappa shape index (κ3) is 4.15. The zero-order valence-electron chi connectivity index (χ0n) is 14.4. The van der Waals surface area contributed by atoms with Crippen molar-refractivity contribution < 1.29 is 14.3 Å². The predicted octanol–water partition coefficient (Wildman–Crippen LogP) is 4.61. The molecule has 1 amide bonds. The number of ether oxygens (including phenoxy) is 2. The van der Waals surface area contributed by atoms with Crippen molar-refractivity contribution in [2.75, 3.05) is 12.4 Å². The SMILES string of the molecule is CCn1cc(C(=O)Nc2cc(Cl)ccc2Oc2ccc(OC)cc2)cn1. The second kappa shape index (κ2) is 7.93. The van der Waals surface area contributed by atoms with Crippen LogP contribution in [0, 0.1) is 0 Å². The summed E-state index contributed by atoms with van der Waals surface area (Å²) in [6.45, 7) is 2.64. The van der Waals surface area contributed by atoms with E-state index in [2.05, 4.69) is 10.4 Å². The number of halogens is 1. The minimum Gasteiger partial charge on any atom is -0.497 e. The van der Waals surface area contributed by atoms with Crippen LogP contribution in [0.1, 0.15) is 17.3 Å². The predicted molar refractivity (Wildman–Crippen MR) is 100 cm³/mol. The minimum atomic E-state index is -0.286. The highest BCUT2D eigenvalue weighted by Crippen LogP contribution is 2.33. The number of aryl methyl sites for hydroxylation is 1. The maximum absolute atomic E-state index is 12.5. The smallest absolute Gasteiger partial charge is 0.258 e. The molecule has 1 aromatic heterocycles. The quantitative estimate of drug-likeness (QED) is 0.687. The Morgan fingerprint density at radius 3 is 2.58 bits per heavy atom. The summed E-state index contributed by atoms with van der Waals surface area (Å²) in [7, 11) is 1.60. The fourth-order valence-corrected chi connectivity index (χ4v) is 2.48. The van der Waals surface area contributed by atoms with Crippen LogP contribution in [0.15, 0.2) is 54.9 Å². The van der Waals surface area contributed by atoms with Gasteiger partial charge < -0.3 is 14.8 Å². The lowest BCUT2D eigenvalue weighted by atomic mass is 10.2. The molecule has 6 nitrogen and oxygen atoms in total. The molecule has 0 bridgehead atoms. The lowest BCUT2D eigenvalue weighted by Gasteiger charge is -2.13. The molecule has 1 N–H and O–H groups in total. The molecule has 0 aliphatic heterocycles. The molecule has 0 unspecified atom stereocenters. The summed E-state index contributed by atoms with van der Waals surface area (Å²) in [5.41, 5.74) is 0.935. The molecule has 26 heavy (non-hydrogen) atoms. The van der Waals surface area contributed by atoms with Gasteiger partial charge in [0.2, 0.25) is 0 Å². The van der Waals surface area contributed by atoms with Gasteiger partial charge in [0.1, 0.15) is 11.5 Å². The summed E-state index contributed by atoms with van der Waals surface area (Å²) in [6, 6.07) is 12.2. The number of methoxy groups -OCH3 is 1. The normalized spacial score (nSPS) is 10.4. The lowest BCUT2D eigenvalue weighted by Crippen LogP contribution is -2.12. The van der Waals surface area contributed by atoms with Crippen LogP contribution in [0.5, 0.6) is 17.2 Å². The van der Waals surface area contributed by atoms with Crippen molar-refractivity contribution in [3.8, 4) is 17.2 Å². The van der Waals surface area contributed by atoms with E-state index in [0.29, 0.717) is 34.3 Å². The highest BCUT2D eigenvalue weighted by molar-refractivity contribution is 6.31. The van der Waals surface area contributed by atoms with Crippen molar-refractivity contribution >= 4 is 23.2 Å². The Labute approximate surface area is 156 Å². The monoisotopic (exact) mass is 371 g/mol. The molecular weight excluding hydrogens is 354 g/mol. The summed E-state index contributed by atoms with van der Waals surface area (Å²) in [6.07, 6.45) is 3.21. The molecule has 0 saturated carbocycles. The average Bonchev–Trinajstić information content (AvgIpc) is 3.14. The van der Waals surface area contributed by atoms with E-state index in [0.717, 1.165) is 5.75 Å². The van der Waals surface area contributed by atoms with E-state index in [-0.39, 0.29) is 5.91 Å². The van der Waals surface area contributed by atoms with Crippen molar-refractivity contribution in [3.05, 3.63) is 65.4 Å². The number of anilines is 1. The minimum absolute atomic E-state index is 0.286. The van der Waals surface area contributed by atoms with Gasteiger partial charge in [-0.3, -0.25) is 9.48 Å². The number of amides is 1. The maximum atomic E-state index is 12.5. The Hall–Kier alpha value is -2.99. The van der Waals surface area contributed by atoms with Gasteiger partial charge in [0.15, 0.2) is 5.75 Å². The maximum Gasteiger partial charge on any atom is 0.258 e. The molecule has 2 aromatic carbocycles. The number of hydrogen-bond donors (Lipinski definition) is 1. The molecule has 0 fully saturated rings. The van der Waals surface area contributed by atoms with Gasteiger partial charge in [-0.15, -0.1) is 0 Å². The third-order valence-corrected chi connectivity index (χ3v) is 3.93. The van der Waals surface area contributed by atoms with E-state index in [1.165, 1.54) is 6.20 Å². The zero-order valence-corrected chi connectivity index (χ0v) is 15.2. The first-order valence-corrected chi connectivity index (χ1v) is 8.42. The summed E-state index contributed by atoms with van der Waals surface area (Å²) in [4.78, 5) is 12.5. The van der Waals surface area contributed by atoms with Gasteiger partial charge in [-0.2, -0.15) is 5.10 Å². The average molecular weight is 372 g/mol. The molecule has 1 heterocycles. The summed E-state index contributed by atoms with van der Waals surface area (Å²) in [5, 5.41) is 7.42. The largest absolute Gasteiger partial charge is 0.497 e. The van der Waals surface area contributed by atoms with Crippen LogP contribution in [-0.2, 0) is 6.54 Å². The molecule has 134 valence electrons. The fourth-order valence-electron chi connectivity index (χ4n) is 2.31. The molecule has 0 aliphatic carbocycles. The molecule has 0 radical (unpaired) electrons. The van der Waals surface area contributed by atoms with Gasteiger partial charge in [0.05, 0.1) is 24.6 Å². The molecule has 7 heteroatoms. The Morgan fingerprint density at radius 1 is 1.19 bits per heavy atom. The summed E-state index contributed by atoms with van der Waals surface area (Å²) < 4.78 is 12.7. The van der Waals surface area contributed by atoms with E-state index in [1.807, 2.05) is 6.92 Å². The van der Waals surface area contributed by atoms with Gasteiger partial charge in [-0.25, -0.2) is 0 Å². The number of benzene rings is 2. The van der Waals surface area contributed by atoms with Crippen molar-refractivity contribution in [1.29, 1.82) is 0 Å². The van der Waals surface area contributed by atoms with Crippen LogP contribution in [0.3, 0.4) is 0 Å². The second-order valence-corrected chi connectivity index (χ2v) is 5.89. The van der Waals surface area contributed by atoms with E-state index in [9.17, 15) is 4.79 Å². The first-order chi connectivity index (χ1) is 12.6. The van der Waals surface area contributed by atoms with E-state index in [1.54, 1.807) is 60.5 Å². The highest BCUT2D eigenvalue weighted by Gasteiger charge is 2.13. The second-order valence-electron chi connectivity index (χ2n) is 5.46. The molecule has 3 aromatic rings. The number of carbonyl (C=O) groups is 1. The number of nitrogens with one attached hydrogen (secondary N) is 1. The van der Waals surface area contributed by atoms with Gasteiger partial charge in [-0.1, -0.05) is 11.6 Å². The van der Waals surface area contributed by atoms with Crippen LogP contribution < -0.4 is 14.8 Å². The molecule has 0 atom stereocenters. The van der Waals surface area contributed by atoms with Crippen LogP contribution >= 0.6 is 11.6 Å². The van der Waals surface area contributed by atoms with Gasteiger partial charge >= 0.3 is 0 Å². The van der Waals surface area contributed by atoms with Gasteiger partial charge in [0, 0.05) is 17.8 Å². The van der Waals surface area contributed by atoms with Crippen molar-refractivity contribution in [3.63, 3.8) is 0 Å². The van der Waals surface area contributed by atoms with E-state index in [4.69, 9.17) is 21.1 Å². The number of aromatic nitrogens is 2. The first-order valence-electron chi connectivity index (χ1n) is 8.04. The molecular formula is C19H18ClN3O3. The van der Waals surface area contributed by atoms with Crippen LogP contribution in [0.4, 0.5) is 5.69 Å². The van der Waals surface area contributed by atoms with Crippen molar-refractivity contribution in [1.82, 2.24) is 9.78 Å². The number of rotatable bonds is 6. The van der Waals surface area contributed by atoms with Crippen LogP contribution in [0.2, 0.25) is 5.02 Å². The standard InChI is InChI=1S/C19H18ClN3O3/c1-3-23-12-13(11-21-23)19(24)22-17-10-14(20)4-9-18(17)26-16-7-5-15(25-2)6-8-16/h4-12H,3H2,1-2H3,(H,22,24). The van der Waals surface area contributed by atoms with Crippen LogP contribution in [0.25, 0.3) is 0 Å². The summed E-state index contributed by atoms with van der Waals surface area (Å²) in [5.74, 6) is 1.54. The Bertz CT molecular complexity index is 907. The Balaban J connectivity index is 1.81. The van der Waals surface area contributed by atoms with E-state index >= 15 is 0 Å². The third-order valence-electron chi connectivity index (χ3n) is 3.70.